The summed E-state index contributed by atoms with van der Waals surface area (Å²) in [4.78, 5) is 13.1. The first-order valence-electron chi connectivity index (χ1n) is 3.01. The van der Waals surface area contributed by atoms with E-state index in [1.807, 2.05) is 13.8 Å². The van der Waals surface area contributed by atoms with Crippen molar-refractivity contribution in [3.63, 3.8) is 0 Å². The maximum absolute atomic E-state index is 10.3. The molecule has 1 unspecified atom stereocenters. The van der Waals surface area contributed by atoms with Crippen molar-refractivity contribution >= 4 is 15.9 Å². The second-order valence-electron chi connectivity index (χ2n) is 2.30. The number of hydrogen-bond acceptors (Lipinski definition) is 1. The molecule has 0 fully saturated rings. The lowest BCUT2D eigenvalue weighted by atomic mass is 10.3. The van der Waals surface area contributed by atoms with E-state index in [0.717, 1.165) is 11.3 Å². The summed E-state index contributed by atoms with van der Waals surface area (Å²) in [5.74, 6) is -0.906. The Labute approximate surface area is 68.4 Å². The molecule has 62 valence electrons. The van der Waals surface area contributed by atoms with E-state index in [1.165, 1.54) is 0 Å². The van der Waals surface area contributed by atoms with Gasteiger partial charge < -0.3 is 10.1 Å². The number of aromatic carboxylic acids is 1. The van der Waals surface area contributed by atoms with Crippen LogP contribution in [-0.2, 0) is 0 Å². The van der Waals surface area contributed by atoms with Crippen LogP contribution < -0.4 is 0 Å². The number of aromatic amines is 1. The molecule has 1 heterocycles. The smallest absolute Gasteiger partial charge is 0.352 e. The van der Waals surface area contributed by atoms with E-state index in [1.54, 1.807) is 6.07 Å². The molecule has 1 aromatic heterocycles. The van der Waals surface area contributed by atoms with Crippen molar-refractivity contribution in [2.75, 3.05) is 0 Å². The summed E-state index contributed by atoms with van der Waals surface area (Å²) in [7, 11) is 0. The van der Waals surface area contributed by atoms with Gasteiger partial charge in [0, 0.05) is 5.69 Å². The normalized spacial score (nSPS) is 8.91. The summed E-state index contributed by atoms with van der Waals surface area (Å²) < 4.78 is 0. The molecule has 4 heteroatoms. The Morgan fingerprint density at radius 2 is 2.09 bits per heavy atom. The molecule has 0 amide bonds. The topological polar surface area (TPSA) is 53.1 Å². The van der Waals surface area contributed by atoms with Crippen molar-refractivity contribution in [3.8, 4) is 0 Å². The van der Waals surface area contributed by atoms with Gasteiger partial charge in [-0.25, -0.2) is 4.79 Å². The third-order valence-electron chi connectivity index (χ3n) is 1.50. The van der Waals surface area contributed by atoms with Crippen LogP contribution in [0.4, 0.5) is 0 Å². The zero-order chi connectivity index (χ0) is 7.72. The third-order valence-corrected chi connectivity index (χ3v) is 1.50. The second kappa shape index (κ2) is 3.54. The minimum Gasteiger partial charge on any atom is -0.477 e. The molecule has 1 atom stereocenters. The summed E-state index contributed by atoms with van der Waals surface area (Å²) in [5.41, 5.74) is 2.16. The maximum atomic E-state index is 10.3. The Bertz CT molecular complexity index is 248. The monoisotopic (exact) mass is 173 g/mol. The second-order valence-corrected chi connectivity index (χ2v) is 2.30. The fourth-order valence-corrected chi connectivity index (χ4v) is 0.777. The van der Waals surface area contributed by atoms with E-state index >= 15 is 0 Å². The number of aromatic nitrogens is 1. The zero-order valence-electron chi connectivity index (χ0n) is 6.64. The van der Waals surface area contributed by atoms with Gasteiger partial charge in [0.2, 0.25) is 0 Å². The van der Waals surface area contributed by atoms with Crippen molar-refractivity contribution in [3.05, 3.63) is 23.0 Å². The van der Waals surface area contributed by atoms with Crippen molar-refractivity contribution in [1.29, 1.82) is 0 Å². The molecule has 1 aromatic rings. The summed E-state index contributed by atoms with van der Waals surface area (Å²) in [5, 5.41) is 8.49. The summed E-state index contributed by atoms with van der Waals surface area (Å²) in [6.07, 6.45) is 0. The number of H-pyrrole nitrogens is 1. The van der Waals surface area contributed by atoms with Crippen LogP contribution in [-0.4, -0.2) is 16.1 Å². The Morgan fingerprint density at radius 1 is 1.55 bits per heavy atom. The molecule has 0 spiro atoms. The Kier molecular flexibility index (Phi) is 3.27. The lowest BCUT2D eigenvalue weighted by Crippen LogP contribution is -1.95. The lowest BCUT2D eigenvalue weighted by Gasteiger charge is -1.84. The molecule has 0 aliphatic carbocycles. The molecule has 0 saturated heterocycles. The molecule has 1 rings (SSSR count). The molecular formula is C7H12NO2P. The van der Waals surface area contributed by atoms with Crippen LogP contribution in [0.1, 0.15) is 21.7 Å². The third kappa shape index (κ3) is 2.05. The largest absolute Gasteiger partial charge is 0.477 e. The number of carboxylic acid groups (broad SMARTS) is 1. The van der Waals surface area contributed by atoms with Gasteiger partial charge in [0.25, 0.3) is 0 Å². The first-order chi connectivity index (χ1) is 4.61. The quantitative estimate of drug-likeness (QED) is 0.630. The fourth-order valence-electron chi connectivity index (χ4n) is 0.777. The molecule has 0 saturated carbocycles. The number of hydrogen-bond donors (Lipinski definition) is 2. The van der Waals surface area contributed by atoms with E-state index in [9.17, 15) is 4.79 Å². The highest BCUT2D eigenvalue weighted by molar-refractivity contribution is 6.92. The van der Waals surface area contributed by atoms with E-state index in [0.29, 0.717) is 0 Å². The summed E-state index contributed by atoms with van der Waals surface area (Å²) in [6, 6.07) is 1.62. The van der Waals surface area contributed by atoms with Crippen LogP contribution in [0, 0.1) is 13.8 Å². The predicted molar refractivity (Wildman–Crippen MR) is 48.3 cm³/mol. The summed E-state index contributed by atoms with van der Waals surface area (Å²) in [6.45, 7) is 3.72. The first-order valence-corrected chi connectivity index (χ1v) is 3.01. The molecular weight excluding hydrogens is 161 g/mol. The molecule has 3 nitrogen and oxygen atoms in total. The standard InChI is InChI=1S/C7H9NO2.H3P/c1-4-3-6(7(9)10)8-5(4)2;/h3,8H,1-2H3,(H,9,10);1H3. The fraction of sp³-hybridized carbons (Fsp3) is 0.286. The van der Waals surface area contributed by atoms with Gasteiger partial charge in [-0.1, -0.05) is 0 Å². The molecule has 0 radical (unpaired) electrons. The van der Waals surface area contributed by atoms with E-state index in [4.69, 9.17) is 5.11 Å². The van der Waals surface area contributed by atoms with E-state index in [-0.39, 0.29) is 15.6 Å². The van der Waals surface area contributed by atoms with E-state index < -0.39 is 5.97 Å². The van der Waals surface area contributed by atoms with Crippen molar-refractivity contribution in [2.24, 2.45) is 0 Å². The zero-order valence-corrected chi connectivity index (χ0v) is 8.05. The van der Waals surface area contributed by atoms with Gasteiger partial charge in [-0.15, -0.1) is 0 Å². The van der Waals surface area contributed by atoms with Gasteiger partial charge >= 0.3 is 5.97 Å². The van der Waals surface area contributed by atoms with Crippen LogP contribution in [0.2, 0.25) is 0 Å². The SMILES string of the molecule is Cc1cc(C(=O)O)[nH]c1C.P. The van der Waals surface area contributed by atoms with Crippen LogP contribution in [0.3, 0.4) is 0 Å². The Hall–Kier alpha value is -0.820. The van der Waals surface area contributed by atoms with Crippen LogP contribution in [0.25, 0.3) is 0 Å². The highest BCUT2D eigenvalue weighted by atomic mass is 31.0. The molecule has 0 aliphatic rings. The number of aryl methyl sites for hydroxylation is 2. The number of carbonyl (C=O) groups is 1. The van der Waals surface area contributed by atoms with E-state index in [2.05, 4.69) is 4.98 Å². The molecule has 0 aliphatic heterocycles. The molecule has 11 heavy (non-hydrogen) atoms. The van der Waals surface area contributed by atoms with Gasteiger partial charge in [0.05, 0.1) is 0 Å². The molecule has 2 N–H and O–H groups in total. The van der Waals surface area contributed by atoms with Gasteiger partial charge in [0.15, 0.2) is 0 Å². The van der Waals surface area contributed by atoms with Crippen molar-refractivity contribution in [2.45, 2.75) is 13.8 Å². The minimum atomic E-state index is -0.906. The number of nitrogens with one attached hydrogen (secondary N) is 1. The lowest BCUT2D eigenvalue weighted by molar-refractivity contribution is 0.0691. The predicted octanol–water partition coefficient (Wildman–Crippen LogP) is 1.39. The first kappa shape index (κ1) is 10.2. The van der Waals surface area contributed by atoms with Crippen LogP contribution >= 0.6 is 9.90 Å². The van der Waals surface area contributed by atoms with Crippen LogP contribution in [0.5, 0.6) is 0 Å². The van der Waals surface area contributed by atoms with Gasteiger partial charge in [-0.3, -0.25) is 0 Å². The van der Waals surface area contributed by atoms with Gasteiger partial charge in [-0.2, -0.15) is 9.90 Å². The van der Waals surface area contributed by atoms with Crippen LogP contribution in [0.15, 0.2) is 6.07 Å². The Balaban J connectivity index is 0.000001000. The van der Waals surface area contributed by atoms with Gasteiger partial charge in [0.1, 0.15) is 5.69 Å². The minimum absolute atomic E-state index is 0. The Morgan fingerprint density at radius 3 is 2.27 bits per heavy atom. The molecule has 0 aromatic carbocycles. The van der Waals surface area contributed by atoms with Crippen molar-refractivity contribution in [1.82, 2.24) is 4.98 Å². The highest BCUT2D eigenvalue weighted by Gasteiger charge is 2.05. The van der Waals surface area contributed by atoms with Crippen molar-refractivity contribution < 1.29 is 9.90 Å². The molecule has 0 bridgehead atoms. The average Bonchev–Trinajstić information content (AvgIpc) is 2.13. The number of carboxylic acids is 1. The maximum Gasteiger partial charge on any atom is 0.352 e. The summed E-state index contributed by atoms with van der Waals surface area (Å²) >= 11 is 0. The number of rotatable bonds is 1. The average molecular weight is 173 g/mol. The highest BCUT2D eigenvalue weighted by Crippen LogP contribution is 2.07. The van der Waals surface area contributed by atoms with Gasteiger partial charge in [-0.05, 0) is 25.5 Å².